The van der Waals surface area contributed by atoms with E-state index < -0.39 is 35.3 Å². The number of halogens is 8. The minimum absolute atomic E-state index is 0.00487. The van der Waals surface area contributed by atoms with Gasteiger partial charge in [-0.2, -0.15) is 26.3 Å². The van der Waals surface area contributed by atoms with Crippen LogP contribution < -0.4 is 9.80 Å². The Hall–Kier alpha value is -3.77. The number of hydrogen-bond acceptors (Lipinski definition) is 5. The third kappa shape index (κ3) is 9.41. The van der Waals surface area contributed by atoms with Gasteiger partial charge in [0.05, 0.1) is 23.0 Å². The van der Waals surface area contributed by atoms with Crippen molar-refractivity contribution in [3.8, 4) is 0 Å². The number of piperazine rings is 2. The van der Waals surface area contributed by atoms with Gasteiger partial charge in [-0.15, -0.1) is 0 Å². The van der Waals surface area contributed by atoms with Crippen LogP contribution in [0.3, 0.4) is 0 Å². The highest BCUT2D eigenvalue weighted by molar-refractivity contribution is 6.30. The number of hydrogen-bond donors (Lipinski definition) is 0. The number of ketones is 1. The zero-order valence-electron chi connectivity index (χ0n) is 28.2. The van der Waals surface area contributed by atoms with Gasteiger partial charge in [0, 0.05) is 86.9 Å². The molecule has 276 valence electrons. The Morgan fingerprint density at radius 2 is 0.885 bits per heavy atom. The molecule has 2 atom stereocenters. The monoisotopic (exact) mass is 762 g/mol. The molecule has 2 saturated heterocycles. The van der Waals surface area contributed by atoms with Crippen LogP contribution in [-0.4, -0.2) is 81.0 Å². The molecule has 52 heavy (non-hydrogen) atoms. The number of Topliss-reactive ketones (excluding diaryl/α,β-unsaturated/α-hetero) is 1. The van der Waals surface area contributed by atoms with Crippen molar-refractivity contribution in [3.05, 3.63) is 129 Å². The summed E-state index contributed by atoms with van der Waals surface area (Å²) in [5.41, 5.74) is 1.26. The van der Waals surface area contributed by atoms with Gasteiger partial charge in [0.1, 0.15) is 5.78 Å². The lowest BCUT2D eigenvalue weighted by Gasteiger charge is -2.39. The third-order valence-corrected chi connectivity index (χ3v) is 10.4. The fourth-order valence-electron chi connectivity index (χ4n) is 7.00. The lowest BCUT2D eigenvalue weighted by atomic mass is 9.82. The minimum atomic E-state index is -4.43. The van der Waals surface area contributed by atoms with Crippen LogP contribution in [0.2, 0.25) is 10.0 Å². The summed E-state index contributed by atoms with van der Waals surface area (Å²) in [6.07, 6.45) is -8.86. The molecule has 0 radical (unpaired) electrons. The normalized spacial score (nSPS) is 17.6. The molecule has 0 aliphatic carbocycles. The third-order valence-electron chi connectivity index (χ3n) is 9.94. The fourth-order valence-corrected chi connectivity index (χ4v) is 7.26. The van der Waals surface area contributed by atoms with E-state index in [9.17, 15) is 31.1 Å². The molecule has 0 N–H and O–H groups in total. The van der Waals surface area contributed by atoms with Gasteiger partial charge >= 0.3 is 12.4 Å². The molecule has 0 spiro atoms. The van der Waals surface area contributed by atoms with Gasteiger partial charge < -0.3 is 9.80 Å². The van der Waals surface area contributed by atoms with E-state index in [4.69, 9.17) is 23.2 Å². The predicted octanol–water partition coefficient (Wildman–Crippen LogP) is 9.11. The Kier molecular flexibility index (Phi) is 11.7. The molecule has 0 amide bonds. The first-order valence-corrected chi connectivity index (χ1v) is 17.8. The number of carbonyl (C=O) groups excluding carboxylic acids is 1. The molecule has 2 heterocycles. The van der Waals surface area contributed by atoms with Crippen molar-refractivity contribution in [2.24, 2.45) is 0 Å². The van der Waals surface area contributed by atoms with E-state index >= 15 is 0 Å². The summed E-state index contributed by atoms with van der Waals surface area (Å²) in [5, 5.41) is 1.08. The van der Waals surface area contributed by atoms with Crippen molar-refractivity contribution >= 4 is 40.4 Å². The zero-order chi connectivity index (χ0) is 37.0. The quantitative estimate of drug-likeness (QED) is 0.151. The van der Waals surface area contributed by atoms with Crippen molar-refractivity contribution in [1.29, 1.82) is 0 Å². The van der Waals surface area contributed by atoms with Gasteiger partial charge in [0.15, 0.2) is 0 Å². The number of benzene rings is 4. The molecule has 0 aromatic heterocycles. The summed E-state index contributed by atoms with van der Waals surface area (Å²) in [7, 11) is 0. The van der Waals surface area contributed by atoms with Crippen LogP contribution in [-0.2, 0) is 17.1 Å². The lowest BCUT2D eigenvalue weighted by molar-refractivity contribution is -0.138. The Labute approximate surface area is 309 Å². The molecule has 0 bridgehead atoms. The van der Waals surface area contributed by atoms with Crippen LogP contribution in [0.5, 0.6) is 0 Å². The highest BCUT2D eigenvalue weighted by atomic mass is 35.5. The van der Waals surface area contributed by atoms with Gasteiger partial charge in [-0.25, -0.2) is 0 Å². The summed E-state index contributed by atoms with van der Waals surface area (Å²) in [6.45, 7) is 5.02. The number of anilines is 2. The second kappa shape index (κ2) is 16.1. The molecule has 6 rings (SSSR count). The van der Waals surface area contributed by atoms with Gasteiger partial charge in [-0.1, -0.05) is 59.6 Å². The van der Waals surface area contributed by atoms with E-state index in [1.807, 2.05) is 34.1 Å². The van der Waals surface area contributed by atoms with E-state index in [-0.39, 0.29) is 5.78 Å². The second-order valence-electron chi connectivity index (χ2n) is 13.3. The van der Waals surface area contributed by atoms with E-state index in [0.29, 0.717) is 86.9 Å². The molecule has 5 nitrogen and oxygen atoms in total. The molecular weight excluding hydrogens is 725 g/mol. The minimum Gasteiger partial charge on any atom is -0.369 e. The highest BCUT2D eigenvalue weighted by Gasteiger charge is 2.35. The summed E-state index contributed by atoms with van der Waals surface area (Å²) in [6, 6.07) is 25.1. The molecular formula is C39H38Cl2F6N4O. The molecule has 2 aliphatic rings. The van der Waals surface area contributed by atoms with Crippen LogP contribution in [0.25, 0.3) is 0 Å². The van der Waals surface area contributed by atoms with Crippen LogP contribution in [0.15, 0.2) is 97.1 Å². The second-order valence-corrected chi connectivity index (χ2v) is 14.2. The van der Waals surface area contributed by atoms with Gasteiger partial charge in [-0.05, 0) is 71.8 Å². The topological polar surface area (TPSA) is 30.0 Å². The standard InChI is InChI=1S/C39H38Cl2F6N4O/c40-31-11-7-27(8-12-31)35(25-48-15-19-50(20-16-48)33-5-1-3-29(23-33)38(42,43)44)37(52)36(28-9-13-32(41)14-10-28)26-49-17-21-51(22-18-49)34-6-2-4-30(24-34)39(45,46)47/h1-14,23-24,35-36H,15-22,25-26H2. The first-order valence-electron chi connectivity index (χ1n) is 17.1. The first-order chi connectivity index (χ1) is 24.7. The lowest BCUT2D eigenvalue weighted by Crippen LogP contribution is -2.50. The van der Waals surface area contributed by atoms with Crippen molar-refractivity contribution in [2.75, 3.05) is 75.2 Å². The molecule has 2 unspecified atom stereocenters. The molecule has 4 aromatic rings. The Balaban J connectivity index is 1.19. The smallest absolute Gasteiger partial charge is 0.369 e. The van der Waals surface area contributed by atoms with Crippen molar-refractivity contribution in [1.82, 2.24) is 9.80 Å². The zero-order valence-corrected chi connectivity index (χ0v) is 29.7. The van der Waals surface area contributed by atoms with Crippen molar-refractivity contribution in [2.45, 2.75) is 24.2 Å². The van der Waals surface area contributed by atoms with Gasteiger partial charge in [0.2, 0.25) is 0 Å². The summed E-state index contributed by atoms with van der Waals surface area (Å²) in [5.74, 6) is -1.07. The summed E-state index contributed by atoms with van der Waals surface area (Å²) >= 11 is 12.5. The largest absolute Gasteiger partial charge is 0.416 e. The van der Waals surface area contributed by atoms with Crippen molar-refractivity contribution in [3.63, 3.8) is 0 Å². The summed E-state index contributed by atoms with van der Waals surface area (Å²) in [4.78, 5) is 23.1. The van der Waals surface area contributed by atoms with E-state index in [1.165, 1.54) is 24.3 Å². The highest BCUT2D eigenvalue weighted by Crippen LogP contribution is 2.35. The van der Waals surface area contributed by atoms with Crippen LogP contribution in [0, 0.1) is 0 Å². The maximum atomic E-state index is 14.8. The number of nitrogens with zero attached hydrogens (tertiary/aromatic N) is 4. The molecule has 13 heteroatoms. The Morgan fingerprint density at radius 3 is 1.21 bits per heavy atom. The van der Waals surface area contributed by atoms with E-state index in [0.717, 1.165) is 23.3 Å². The summed E-state index contributed by atoms with van der Waals surface area (Å²) < 4.78 is 80.3. The first kappa shape index (κ1) is 38.0. The van der Waals surface area contributed by atoms with Crippen molar-refractivity contribution < 1.29 is 31.1 Å². The fraction of sp³-hybridized carbons (Fsp3) is 0.359. The van der Waals surface area contributed by atoms with E-state index in [1.54, 1.807) is 36.4 Å². The SMILES string of the molecule is O=C(C(CN1CCN(c2cccc(C(F)(F)F)c2)CC1)c1ccc(Cl)cc1)C(CN1CCN(c2cccc(C(F)(F)F)c2)CC1)c1ccc(Cl)cc1. The predicted molar refractivity (Wildman–Crippen MR) is 194 cm³/mol. The van der Waals surface area contributed by atoms with Crippen LogP contribution in [0.1, 0.15) is 34.1 Å². The van der Waals surface area contributed by atoms with Gasteiger partial charge in [-0.3, -0.25) is 14.6 Å². The van der Waals surface area contributed by atoms with Crippen LogP contribution in [0.4, 0.5) is 37.7 Å². The Morgan fingerprint density at radius 1 is 0.538 bits per heavy atom. The average Bonchev–Trinajstić information content (AvgIpc) is 3.13. The molecule has 4 aromatic carbocycles. The number of rotatable bonds is 10. The molecule has 0 saturated carbocycles. The maximum absolute atomic E-state index is 14.8. The molecule has 2 fully saturated rings. The molecule has 2 aliphatic heterocycles. The van der Waals surface area contributed by atoms with Crippen LogP contribution >= 0.6 is 23.2 Å². The number of carbonyl (C=O) groups is 1. The Bertz CT molecular complexity index is 1670. The maximum Gasteiger partial charge on any atom is 0.416 e. The average molecular weight is 764 g/mol. The van der Waals surface area contributed by atoms with Gasteiger partial charge in [0.25, 0.3) is 0 Å². The van der Waals surface area contributed by atoms with E-state index in [2.05, 4.69) is 9.80 Å². The number of alkyl halides is 6.